The van der Waals surface area contributed by atoms with Crippen LogP contribution >= 0.6 is 13.5 Å². The molecule has 0 aliphatic carbocycles. The second kappa shape index (κ2) is 9.40. The molecule has 0 spiro atoms. The highest BCUT2D eigenvalue weighted by atomic mass is 32.1. The van der Waals surface area contributed by atoms with Crippen molar-refractivity contribution in [2.24, 2.45) is 0 Å². The van der Waals surface area contributed by atoms with E-state index in [0.29, 0.717) is 5.54 Å². The van der Waals surface area contributed by atoms with Crippen LogP contribution in [0.2, 0.25) is 0 Å². The fourth-order valence-corrected chi connectivity index (χ4v) is 1.21. The Morgan fingerprint density at radius 3 is 1.75 bits per heavy atom. The summed E-state index contributed by atoms with van der Waals surface area (Å²) in [7, 11) is 0. The number of nitrogens with one attached hydrogen (secondary N) is 1. The second-order valence-corrected chi connectivity index (χ2v) is 3.27. The molecule has 0 radical (unpaired) electrons. The molecule has 1 saturated heterocycles. The highest BCUT2D eigenvalue weighted by Crippen LogP contribution is 2.16. The van der Waals surface area contributed by atoms with Crippen molar-refractivity contribution in [2.75, 3.05) is 6.54 Å². The summed E-state index contributed by atoms with van der Waals surface area (Å²) in [6.45, 7) is 9.76. The number of hydrogen-bond acceptors (Lipinski definition) is 1. The molecular formula is C10H27NS. The van der Waals surface area contributed by atoms with Crippen LogP contribution in [-0.2, 0) is 0 Å². The first-order chi connectivity index (χ1) is 4.71. The van der Waals surface area contributed by atoms with E-state index in [1.165, 1.54) is 25.8 Å². The molecule has 78 valence electrons. The van der Waals surface area contributed by atoms with Gasteiger partial charge in [0.05, 0.1) is 0 Å². The summed E-state index contributed by atoms with van der Waals surface area (Å²) in [5.74, 6) is 0. The summed E-state index contributed by atoms with van der Waals surface area (Å²) in [6, 6.07) is 0. The highest BCUT2D eigenvalue weighted by molar-refractivity contribution is 7.59. The van der Waals surface area contributed by atoms with Crippen LogP contribution in [0.3, 0.4) is 0 Å². The van der Waals surface area contributed by atoms with Crippen molar-refractivity contribution in [3.05, 3.63) is 0 Å². The zero-order valence-electron chi connectivity index (χ0n) is 8.33. The first kappa shape index (κ1) is 18.2. The van der Waals surface area contributed by atoms with Gasteiger partial charge in [0.25, 0.3) is 0 Å². The molecule has 1 aliphatic heterocycles. The van der Waals surface area contributed by atoms with Crippen molar-refractivity contribution >= 4 is 13.5 Å². The van der Waals surface area contributed by atoms with Gasteiger partial charge < -0.3 is 5.32 Å². The van der Waals surface area contributed by atoms with Gasteiger partial charge in [-0.15, -0.1) is 0 Å². The van der Waals surface area contributed by atoms with Crippen molar-refractivity contribution < 1.29 is 0 Å². The van der Waals surface area contributed by atoms with Gasteiger partial charge in [-0.05, 0) is 33.2 Å². The van der Waals surface area contributed by atoms with E-state index in [4.69, 9.17) is 0 Å². The van der Waals surface area contributed by atoms with E-state index in [1.807, 2.05) is 13.8 Å². The molecule has 0 aromatic carbocycles. The predicted octanol–water partition coefficient (Wildman–Crippen LogP) is 3.31. The summed E-state index contributed by atoms with van der Waals surface area (Å²) in [4.78, 5) is 0. The number of rotatable bonds is 0. The number of piperidine rings is 1. The van der Waals surface area contributed by atoms with Crippen LogP contribution < -0.4 is 5.32 Å². The fourth-order valence-electron chi connectivity index (χ4n) is 1.21. The molecule has 1 fully saturated rings. The first-order valence-corrected chi connectivity index (χ1v) is 4.46. The Morgan fingerprint density at radius 1 is 1.08 bits per heavy atom. The third-order valence-electron chi connectivity index (χ3n) is 1.83. The van der Waals surface area contributed by atoms with E-state index in [9.17, 15) is 0 Å². The van der Waals surface area contributed by atoms with Crippen molar-refractivity contribution in [3.63, 3.8) is 0 Å². The molecule has 1 N–H and O–H groups in total. The molecule has 12 heavy (non-hydrogen) atoms. The zero-order chi connectivity index (χ0) is 8.04. The van der Waals surface area contributed by atoms with Crippen molar-refractivity contribution in [1.29, 1.82) is 0 Å². The molecule has 0 atom stereocenters. The van der Waals surface area contributed by atoms with Crippen LogP contribution in [0.4, 0.5) is 0 Å². The summed E-state index contributed by atoms with van der Waals surface area (Å²) < 4.78 is 0. The molecule has 0 aromatic rings. The summed E-state index contributed by atoms with van der Waals surface area (Å²) in [5, 5.41) is 3.46. The Balaban J connectivity index is -0.000000189. The van der Waals surface area contributed by atoms with Gasteiger partial charge in [0.2, 0.25) is 0 Å². The smallest absolute Gasteiger partial charge is 0.0125 e. The monoisotopic (exact) mass is 193 g/mol. The van der Waals surface area contributed by atoms with Gasteiger partial charge in [0.15, 0.2) is 0 Å². The maximum Gasteiger partial charge on any atom is 0.0125 e. The lowest BCUT2D eigenvalue weighted by Gasteiger charge is -2.30. The minimum Gasteiger partial charge on any atom is -0.312 e. The molecule has 1 rings (SSSR count). The van der Waals surface area contributed by atoms with Crippen LogP contribution in [-0.4, -0.2) is 12.1 Å². The molecule has 1 nitrogen and oxygen atoms in total. The van der Waals surface area contributed by atoms with Crippen LogP contribution in [0.5, 0.6) is 0 Å². The third kappa shape index (κ3) is 8.41. The van der Waals surface area contributed by atoms with Gasteiger partial charge in [0, 0.05) is 5.54 Å². The van der Waals surface area contributed by atoms with Crippen LogP contribution in [0.15, 0.2) is 0 Å². The van der Waals surface area contributed by atoms with E-state index in [-0.39, 0.29) is 20.9 Å². The first-order valence-electron chi connectivity index (χ1n) is 4.46. The minimum absolute atomic E-state index is 0. The Kier molecular flexibility index (Phi) is 14.2. The van der Waals surface area contributed by atoms with Gasteiger partial charge in [-0.25, -0.2) is 0 Å². The molecule has 2 heteroatoms. The second-order valence-electron chi connectivity index (χ2n) is 3.27. The quantitative estimate of drug-likeness (QED) is 0.622. The minimum atomic E-state index is 0. The average molecular weight is 193 g/mol. The SMILES string of the molecule is C.CC.CC1(C)CCCCN1.S. The van der Waals surface area contributed by atoms with Crippen molar-refractivity contribution in [1.82, 2.24) is 5.32 Å². The van der Waals surface area contributed by atoms with Gasteiger partial charge in [-0.2, -0.15) is 13.5 Å². The summed E-state index contributed by atoms with van der Waals surface area (Å²) >= 11 is 0. The molecule has 1 aliphatic rings. The summed E-state index contributed by atoms with van der Waals surface area (Å²) in [6.07, 6.45) is 4.11. The number of hydrogen-bond donors (Lipinski definition) is 1. The Labute approximate surface area is 85.8 Å². The topological polar surface area (TPSA) is 12.0 Å². The lowest BCUT2D eigenvalue weighted by molar-refractivity contribution is 0.304. The van der Waals surface area contributed by atoms with Crippen LogP contribution in [0, 0.1) is 0 Å². The lowest BCUT2D eigenvalue weighted by atomic mass is 9.93. The average Bonchev–Trinajstić information content (AvgIpc) is 1.92. The van der Waals surface area contributed by atoms with E-state index in [2.05, 4.69) is 19.2 Å². The fraction of sp³-hybridized carbons (Fsp3) is 1.00. The third-order valence-corrected chi connectivity index (χ3v) is 1.83. The Hall–Kier alpha value is 0.310. The van der Waals surface area contributed by atoms with Crippen molar-refractivity contribution in [3.8, 4) is 0 Å². The van der Waals surface area contributed by atoms with Gasteiger partial charge in [-0.3, -0.25) is 0 Å². The molecule has 0 unspecified atom stereocenters. The van der Waals surface area contributed by atoms with Crippen molar-refractivity contribution in [2.45, 2.75) is 59.9 Å². The lowest BCUT2D eigenvalue weighted by Crippen LogP contribution is -2.42. The normalized spacial score (nSPS) is 19.0. The molecule has 0 aromatic heterocycles. The molecule has 0 bridgehead atoms. The van der Waals surface area contributed by atoms with E-state index in [1.54, 1.807) is 0 Å². The van der Waals surface area contributed by atoms with Gasteiger partial charge in [-0.1, -0.05) is 27.7 Å². The van der Waals surface area contributed by atoms with Crippen LogP contribution in [0.25, 0.3) is 0 Å². The van der Waals surface area contributed by atoms with Crippen LogP contribution in [0.1, 0.15) is 54.4 Å². The molecule has 0 amide bonds. The van der Waals surface area contributed by atoms with E-state index >= 15 is 0 Å². The highest BCUT2D eigenvalue weighted by Gasteiger charge is 2.18. The van der Waals surface area contributed by atoms with E-state index in [0.717, 1.165) is 0 Å². The van der Waals surface area contributed by atoms with E-state index < -0.39 is 0 Å². The zero-order valence-corrected chi connectivity index (χ0v) is 9.33. The largest absolute Gasteiger partial charge is 0.312 e. The standard InChI is InChI=1S/C7H15N.C2H6.CH4.H2S/c1-7(2)5-3-4-6-8-7;1-2;;/h8H,3-6H2,1-2H3;1-2H3;1H4;1H2. The summed E-state index contributed by atoms with van der Waals surface area (Å²) in [5.41, 5.74) is 0.429. The maximum atomic E-state index is 3.46. The van der Waals surface area contributed by atoms with Gasteiger partial charge >= 0.3 is 0 Å². The molecule has 0 saturated carbocycles. The maximum absolute atomic E-state index is 3.46. The molecule has 1 heterocycles. The predicted molar refractivity (Wildman–Crippen MR) is 64.4 cm³/mol. The van der Waals surface area contributed by atoms with Gasteiger partial charge in [0.1, 0.15) is 0 Å². The Bertz CT molecular complexity index is 73.9. The Morgan fingerprint density at radius 2 is 1.58 bits per heavy atom. The molecular weight excluding hydrogens is 166 g/mol.